The van der Waals surface area contributed by atoms with Crippen molar-refractivity contribution in [3.05, 3.63) is 76.1 Å². The van der Waals surface area contributed by atoms with E-state index >= 15 is 0 Å². The molecule has 2 amide bonds. The Balaban J connectivity index is 1.76. The Morgan fingerprint density at radius 1 is 1.13 bits per heavy atom. The number of esters is 1. The number of amides is 2. The lowest BCUT2D eigenvalue weighted by Crippen LogP contribution is -2.34. The molecule has 1 fully saturated rings. The largest absolute Gasteiger partial charge is 0.468 e. The van der Waals surface area contributed by atoms with E-state index in [0.717, 1.165) is 38.8 Å². The molecule has 1 saturated heterocycles. The van der Waals surface area contributed by atoms with Gasteiger partial charge in [-0.3, -0.25) is 19.3 Å². The van der Waals surface area contributed by atoms with Crippen molar-refractivity contribution in [3.63, 3.8) is 0 Å². The second-order valence-corrected chi connectivity index (χ2v) is 8.03. The van der Waals surface area contributed by atoms with Crippen molar-refractivity contribution in [2.24, 2.45) is 0 Å². The molecule has 158 valence electrons. The molecule has 1 aromatic heterocycles. The molecule has 2 aromatic carbocycles. The molecule has 0 spiro atoms. The number of rotatable bonds is 5. The van der Waals surface area contributed by atoms with Crippen LogP contribution in [0.1, 0.15) is 16.8 Å². The molecular weight excluding hydrogens is 419 g/mol. The van der Waals surface area contributed by atoms with E-state index in [4.69, 9.17) is 0 Å². The van der Waals surface area contributed by atoms with E-state index in [-0.39, 0.29) is 10.7 Å². The van der Waals surface area contributed by atoms with Crippen molar-refractivity contribution < 1.29 is 23.5 Å². The summed E-state index contributed by atoms with van der Waals surface area (Å²) in [6, 6.07) is 14.2. The van der Waals surface area contributed by atoms with Gasteiger partial charge in [0.15, 0.2) is 0 Å². The smallest absolute Gasteiger partial charge is 0.325 e. The van der Waals surface area contributed by atoms with Gasteiger partial charge in [-0.2, -0.15) is 0 Å². The molecule has 1 aliphatic heterocycles. The van der Waals surface area contributed by atoms with Gasteiger partial charge in [0.2, 0.25) is 0 Å². The molecule has 8 heteroatoms. The fourth-order valence-electron chi connectivity index (χ4n) is 3.60. The lowest BCUT2D eigenvalue weighted by Gasteiger charge is -2.10. The van der Waals surface area contributed by atoms with E-state index in [1.54, 1.807) is 24.3 Å². The second-order valence-electron chi connectivity index (χ2n) is 7.04. The van der Waals surface area contributed by atoms with Gasteiger partial charge in [-0.05, 0) is 36.9 Å². The van der Waals surface area contributed by atoms with Crippen LogP contribution in [0.2, 0.25) is 0 Å². The van der Waals surface area contributed by atoms with Crippen molar-refractivity contribution in [1.29, 1.82) is 0 Å². The Kier molecular flexibility index (Phi) is 5.65. The molecule has 0 N–H and O–H groups in total. The minimum atomic E-state index is -0.666. The fraction of sp³-hybridized carbons (Fsp3) is 0.174. The van der Waals surface area contributed by atoms with Crippen molar-refractivity contribution in [2.45, 2.75) is 13.5 Å². The predicted molar refractivity (Wildman–Crippen MR) is 117 cm³/mol. The normalized spacial score (nSPS) is 15.3. The zero-order chi connectivity index (χ0) is 22.1. The van der Waals surface area contributed by atoms with E-state index in [9.17, 15) is 18.8 Å². The molecule has 0 unspecified atom stereocenters. The van der Waals surface area contributed by atoms with Crippen LogP contribution in [0.25, 0.3) is 17.0 Å². The number of carbonyl (C=O) groups excluding carboxylic acids is 3. The van der Waals surface area contributed by atoms with Gasteiger partial charge in [0, 0.05) is 27.7 Å². The van der Waals surface area contributed by atoms with Crippen molar-refractivity contribution in [1.82, 2.24) is 9.47 Å². The first-order valence-electron chi connectivity index (χ1n) is 9.54. The molecule has 0 saturated carbocycles. The van der Waals surface area contributed by atoms with E-state index in [1.165, 1.54) is 13.2 Å². The molecule has 1 aliphatic rings. The molecule has 0 aliphatic carbocycles. The minimum Gasteiger partial charge on any atom is -0.468 e. The fourth-order valence-corrected chi connectivity index (χ4v) is 4.42. The third-order valence-electron chi connectivity index (χ3n) is 5.23. The maximum Gasteiger partial charge on any atom is 0.325 e. The summed E-state index contributed by atoms with van der Waals surface area (Å²) >= 11 is 0.784. The van der Waals surface area contributed by atoms with E-state index in [2.05, 4.69) is 4.74 Å². The Labute approximate surface area is 182 Å². The zero-order valence-electron chi connectivity index (χ0n) is 16.9. The Morgan fingerprint density at radius 3 is 2.58 bits per heavy atom. The van der Waals surface area contributed by atoms with Gasteiger partial charge in [-0.25, -0.2) is 4.39 Å². The van der Waals surface area contributed by atoms with Crippen LogP contribution in [-0.2, 0) is 20.9 Å². The second kappa shape index (κ2) is 8.39. The molecule has 2 heterocycles. The average Bonchev–Trinajstić information content (AvgIpc) is 3.18. The topological polar surface area (TPSA) is 68.6 Å². The highest BCUT2D eigenvalue weighted by molar-refractivity contribution is 8.18. The number of ether oxygens (including phenoxy) is 1. The number of para-hydroxylation sites is 1. The number of halogens is 1. The van der Waals surface area contributed by atoms with Gasteiger partial charge in [-0.15, -0.1) is 0 Å². The van der Waals surface area contributed by atoms with Crippen LogP contribution in [0.5, 0.6) is 0 Å². The maximum atomic E-state index is 14.3. The summed E-state index contributed by atoms with van der Waals surface area (Å²) in [7, 11) is 1.20. The minimum absolute atomic E-state index is 0.228. The highest BCUT2D eigenvalue weighted by Crippen LogP contribution is 2.35. The van der Waals surface area contributed by atoms with Gasteiger partial charge in [-0.1, -0.05) is 36.4 Å². The SMILES string of the molecule is COC(=O)CN1C(=O)S/C(=C/c2c(C)n(Cc3ccccc3F)c3ccccc23)C1=O. The summed E-state index contributed by atoms with van der Waals surface area (Å²) in [5.74, 6) is -1.49. The van der Waals surface area contributed by atoms with Gasteiger partial charge in [0.05, 0.1) is 18.6 Å². The van der Waals surface area contributed by atoms with Gasteiger partial charge >= 0.3 is 5.97 Å². The first-order valence-corrected chi connectivity index (χ1v) is 10.4. The van der Waals surface area contributed by atoms with Crippen LogP contribution < -0.4 is 0 Å². The number of methoxy groups -OCH3 is 1. The first kappa shape index (κ1) is 20.9. The number of carbonyl (C=O) groups is 3. The number of aromatic nitrogens is 1. The predicted octanol–water partition coefficient (Wildman–Crippen LogP) is 4.35. The molecule has 31 heavy (non-hydrogen) atoms. The Hall–Kier alpha value is -3.39. The third-order valence-corrected chi connectivity index (χ3v) is 6.14. The lowest BCUT2D eigenvalue weighted by molar-refractivity contribution is -0.143. The van der Waals surface area contributed by atoms with E-state index in [0.29, 0.717) is 12.1 Å². The molecule has 0 radical (unpaired) electrons. The van der Waals surface area contributed by atoms with Crippen molar-refractivity contribution in [2.75, 3.05) is 13.7 Å². The highest BCUT2D eigenvalue weighted by Gasteiger charge is 2.36. The van der Waals surface area contributed by atoms with Crippen molar-refractivity contribution in [3.8, 4) is 0 Å². The maximum absolute atomic E-state index is 14.3. The summed E-state index contributed by atoms with van der Waals surface area (Å²) in [4.78, 5) is 37.6. The van der Waals surface area contributed by atoms with E-state index < -0.39 is 23.7 Å². The molecular formula is C23H19FN2O4S. The summed E-state index contributed by atoms with van der Waals surface area (Å²) in [6.07, 6.45) is 1.66. The lowest BCUT2D eigenvalue weighted by atomic mass is 10.1. The molecule has 3 aromatic rings. The van der Waals surface area contributed by atoms with Crippen LogP contribution in [0.15, 0.2) is 53.4 Å². The number of imide groups is 1. The zero-order valence-corrected chi connectivity index (χ0v) is 17.7. The van der Waals surface area contributed by atoms with Gasteiger partial charge in [0.25, 0.3) is 11.1 Å². The quantitative estimate of drug-likeness (QED) is 0.438. The summed E-state index contributed by atoms with van der Waals surface area (Å²) in [6.45, 7) is 1.80. The molecule has 6 nitrogen and oxygen atoms in total. The summed E-state index contributed by atoms with van der Waals surface area (Å²) in [5, 5.41) is 0.366. The molecule has 4 rings (SSSR count). The monoisotopic (exact) mass is 438 g/mol. The number of hydrogen-bond donors (Lipinski definition) is 0. The summed E-state index contributed by atoms with van der Waals surface area (Å²) < 4.78 is 20.8. The number of benzene rings is 2. The Bertz CT molecular complexity index is 1250. The molecule has 0 atom stereocenters. The number of nitrogens with zero attached hydrogens (tertiary/aromatic N) is 2. The standard InChI is InChI=1S/C23H19FN2O4S/c1-14-17(11-20-22(28)26(23(29)31-20)13-21(27)30-2)16-8-4-6-10-19(16)25(14)12-15-7-3-5-9-18(15)24/h3-11H,12-13H2,1-2H3/b20-11+. The Morgan fingerprint density at radius 2 is 1.84 bits per heavy atom. The average molecular weight is 438 g/mol. The summed E-state index contributed by atoms with van der Waals surface area (Å²) in [5.41, 5.74) is 3.05. The van der Waals surface area contributed by atoms with E-state index in [1.807, 2.05) is 35.8 Å². The molecule has 0 bridgehead atoms. The highest BCUT2D eigenvalue weighted by atomic mass is 32.2. The number of fused-ring (bicyclic) bond motifs is 1. The number of hydrogen-bond acceptors (Lipinski definition) is 5. The number of thioether (sulfide) groups is 1. The van der Waals surface area contributed by atoms with Gasteiger partial charge in [0.1, 0.15) is 12.4 Å². The first-order chi connectivity index (χ1) is 14.9. The van der Waals surface area contributed by atoms with Crippen LogP contribution in [0.4, 0.5) is 9.18 Å². The van der Waals surface area contributed by atoms with Crippen LogP contribution in [-0.4, -0.2) is 40.2 Å². The van der Waals surface area contributed by atoms with Crippen LogP contribution in [0.3, 0.4) is 0 Å². The van der Waals surface area contributed by atoms with Crippen molar-refractivity contribution >= 4 is 45.9 Å². The van der Waals surface area contributed by atoms with Gasteiger partial charge < -0.3 is 9.30 Å². The van der Waals surface area contributed by atoms with Crippen LogP contribution >= 0.6 is 11.8 Å². The third kappa shape index (κ3) is 3.86. The van der Waals surface area contributed by atoms with Crippen LogP contribution in [0, 0.1) is 12.7 Å².